The lowest BCUT2D eigenvalue weighted by Gasteiger charge is -2.11. The fourth-order valence-electron chi connectivity index (χ4n) is 2.97. The van der Waals surface area contributed by atoms with Crippen LogP contribution in [0.5, 0.6) is 0 Å². The zero-order valence-electron chi connectivity index (χ0n) is 10.8. The summed E-state index contributed by atoms with van der Waals surface area (Å²) in [5, 5.41) is 0. The molecule has 0 radical (unpaired) electrons. The van der Waals surface area contributed by atoms with E-state index in [2.05, 4.69) is 28.7 Å². The van der Waals surface area contributed by atoms with Crippen LogP contribution in [0.25, 0.3) is 0 Å². The number of hydrogen-bond donors (Lipinski definition) is 1. The number of aromatic nitrogens is 2. The first-order valence-corrected chi connectivity index (χ1v) is 6.58. The molecule has 0 aliphatic heterocycles. The lowest BCUT2D eigenvalue weighted by molar-refractivity contribution is 0.596. The molecule has 0 spiro atoms. The van der Waals surface area contributed by atoms with Crippen molar-refractivity contribution in [2.24, 2.45) is 7.05 Å². The average Bonchev–Trinajstić information content (AvgIpc) is 2.93. The summed E-state index contributed by atoms with van der Waals surface area (Å²) in [5.74, 6) is 1.86. The van der Waals surface area contributed by atoms with Crippen molar-refractivity contribution in [3.05, 3.63) is 47.5 Å². The maximum atomic E-state index is 5.83. The van der Waals surface area contributed by atoms with Gasteiger partial charge >= 0.3 is 0 Å². The number of anilines is 1. The SMILES string of the molecule is Cn1ccnc1CCC1CCc2cc(N)ccc21. The molecule has 0 amide bonds. The minimum Gasteiger partial charge on any atom is -0.399 e. The quantitative estimate of drug-likeness (QED) is 0.840. The predicted molar refractivity (Wildman–Crippen MR) is 73.4 cm³/mol. The predicted octanol–water partition coefficient (Wildman–Crippen LogP) is 2.66. The standard InChI is InChI=1S/C15H19N3/c1-18-9-8-17-15(18)7-4-11-2-3-12-10-13(16)5-6-14(11)12/h5-6,8-11H,2-4,7,16H2,1H3. The molecule has 1 unspecified atom stereocenters. The smallest absolute Gasteiger partial charge is 0.108 e. The molecule has 0 bridgehead atoms. The number of nitrogen functional groups attached to an aromatic ring is 1. The average molecular weight is 241 g/mol. The topological polar surface area (TPSA) is 43.8 Å². The largest absolute Gasteiger partial charge is 0.399 e. The van der Waals surface area contributed by atoms with Crippen LogP contribution in [-0.4, -0.2) is 9.55 Å². The second kappa shape index (κ2) is 4.48. The molecule has 0 fully saturated rings. The number of hydrogen-bond acceptors (Lipinski definition) is 2. The molecule has 1 aliphatic rings. The van der Waals surface area contributed by atoms with Gasteiger partial charge in [0, 0.05) is 31.5 Å². The maximum Gasteiger partial charge on any atom is 0.108 e. The summed E-state index contributed by atoms with van der Waals surface area (Å²) in [6.07, 6.45) is 8.55. The van der Waals surface area contributed by atoms with Crippen LogP contribution in [0.15, 0.2) is 30.6 Å². The van der Waals surface area contributed by atoms with E-state index in [9.17, 15) is 0 Å². The van der Waals surface area contributed by atoms with E-state index in [1.54, 1.807) is 0 Å². The second-order valence-electron chi connectivity index (χ2n) is 5.19. The van der Waals surface area contributed by atoms with Crippen molar-refractivity contribution >= 4 is 5.69 Å². The summed E-state index contributed by atoms with van der Waals surface area (Å²) in [5.41, 5.74) is 9.66. The summed E-state index contributed by atoms with van der Waals surface area (Å²) in [4.78, 5) is 4.39. The molecule has 3 heteroatoms. The Hall–Kier alpha value is -1.77. The summed E-state index contributed by atoms with van der Waals surface area (Å²) in [6.45, 7) is 0. The number of nitrogens with zero attached hydrogens (tertiary/aromatic N) is 2. The molecular weight excluding hydrogens is 222 g/mol. The lowest BCUT2D eigenvalue weighted by atomic mass is 9.96. The Kier molecular flexibility index (Phi) is 2.82. The number of nitrogens with two attached hydrogens (primary N) is 1. The van der Waals surface area contributed by atoms with E-state index in [-0.39, 0.29) is 0 Å². The van der Waals surface area contributed by atoms with Crippen LogP contribution in [0.3, 0.4) is 0 Å². The van der Waals surface area contributed by atoms with Crippen LogP contribution >= 0.6 is 0 Å². The summed E-state index contributed by atoms with van der Waals surface area (Å²) in [6, 6.07) is 6.37. The Bertz CT molecular complexity index is 557. The molecule has 2 N–H and O–H groups in total. The van der Waals surface area contributed by atoms with E-state index >= 15 is 0 Å². The van der Waals surface area contributed by atoms with Gasteiger partial charge in [-0.3, -0.25) is 0 Å². The van der Waals surface area contributed by atoms with Gasteiger partial charge < -0.3 is 10.3 Å². The van der Waals surface area contributed by atoms with Gasteiger partial charge in [0.1, 0.15) is 5.82 Å². The number of aryl methyl sites for hydroxylation is 3. The zero-order chi connectivity index (χ0) is 12.5. The molecule has 18 heavy (non-hydrogen) atoms. The molecule has 1 aromatic carbocycles. The van der Waals surface area contributed by atoms with Gasteiger partial charge in [-0.2, -0.15) is 0 Å². The van der Waals surface area contributed by atoms with Gasteiger partial charge in [-0.15, -0.1) is 0 Å². The van der Waals surface area contributed by atoms with E-state index < -0.39 is 0 Å². The van der Waals surface area contributed by atoms with E-state index in [1.165, 1.54) is 36.2 Å². The van der Waals surface area contributed by atoms with Crippen molar-refractivity contribution in [1.29, 1.82) is 0 Å². The Balaban J connectivity index is 1.71. The highest BCUT2D eigenvalue weighted by molar-refractivity contribution is 5.47. The second-order valence-corrected chi connectivity index (χ2v) is 5.19. The fourth-order valence-corrected chi connectivity index (χ4v) is 2.97. The highest BCUT2D eigenvalue weighted by Crippen LogP contribution is 2.36. The summed E-state index contributed by atoms with van der Waals surface area (Å²) in [7, 11) is 2.06. The molecule has 2 aromatic rings. The Morgan fingerprint density at radius 1 is 1.44 bits per heavy atom. The molecular formula is C15H19N3. The first kappa shape index (κ1) is 11.3. The van der Waals surface area contributed by atoms with Crippen molar-refractivity contribution in [3.8, 4) is 0 Å². The van der Waals surface area contributed by atoms with E-state index in [4.69, 9.17) is 5.73 Å². The van der Waals surface area contributed by atoms with Crippen molar-refractivity contribution < 1.29 is 0 Å². The summed E-state index contributed by atoms with van der Waals surface area (Å²) < 4.78 is 2.11. The van der Waals surface area contributed by atoms with Gasteiger partial charge in [0.05, 0.1) is 0 Å². The highest BCUT2D eigenvalue weighted by atomic mass is 15.0. The Morgan fingerprint density at radius 3 is 3.11 bits per heavy atom. The molecule has 0 saturated carbocycles. The van der Waals surface area contributed by atoms with Gasteiger partial charge in [-0.05, 0) is 48.4 Å². The molecule has 0 saturated heterocycles. The Morgan fingerprint density at radius 2 is 2.33 bits per heavy atom. The van der Waals surface area contributed by atoms with Gasteiger partial charge in [0.25, 0.3) is 0 Å². The first-order valence-electron chi connectivity index (χ1n) is 6.58. The van der Waals surface area contributed by atoms with Gasteiger partial charge in [0.15, 0.2) is 0 Å². The van der Waals surface area contributed by atoms with E-state index in [0.29, 0.717) is 5.92 Å². The van der Waals surface area contributed by atoms with Gasteiger partial charge in [0.2, 0.25) is 0 Å². The minimum atomic E-state index is 0.678. The van der Waals surface area contributed by atoms with Crippen LogP contribution in [0, 0.1) is 0 Å². The third-order valence-electron chi connectivity index (χ3n) is 4.01. The zero-order valence-corrected chi connectivity index (χ0v) is 10.8. The first-order chi connectivity index (χ1) is 8.74. The molecule has 1 aromatic heterocycles. The molecule has 3 rings (SSSR count). The number of rotatable bonds is 3. The van der Waals surface area contributed by atoms with Crippen molar-refractivity contribution in [2.45, 2.75) is 31.6 Å². The third-order valence-corrected chi connectivity index (χ3v) is 4.01. The molecule has 1 atom stereocenters. The van der Waals surface area contributed by atoms with Crippen LogP contribution in [0.4, 0.5) is 5.69 Å². The maximum absolute atomic E-state index is 5.83. The number of fused-ring (bicyclic) bond motifs is 1. The van der Waals surface area contributed by atoms with Crippen LogP contribution in [0.1, 0.15) is 35.7 Å². The normalized spacial score (nSPS) is 17.9. The van der Waals surface area contributed by atoms with Gasteiger partial charge in [-0.1, -0.05) is 6.07 Å². The van der Waals surface area contributed by atoms with E-state index in [0.717, 1.165) is 12.1 Å². The van der Waals surface area contributed by atoms with Crippen molar-refractivity contribution in [2.75, 3.05) is 5.73 Å². The molecule has 1 aliphatic carbocycles. The van der Waals surface area contributed by atoms with Crippen LogP contribution in [-0.2, 0) is 19.9 Å². The van der Waals surface area contributed by atoms with Gasteiger partial charge in [-0.25, -0.2) is 4.98 Å². The number of imidazole rings is 1. The monoisotopic (exact) mass is 241 g/mol. The molecule has 1 heterocycles. The fraction of sp³-hybridized carbons (Fsp3) is 0.400. The molecule has 94 valence electrons. The third kappa shape index (κ3) is 2.01. The molecule has 3 nitrogen and oxygen atoms in total. The van der Waals surface area contributed by atoms with Crippen LogP contribution < -0.4 is 5.73 Å². The number of benzene rings is 1. The lowest BCUT2D eigenvalue weighted by Crippen LogP contribution is -2.02. The van der Waals surface area contributed by atoms with Crippen molar-refractivity contribution in [1.82, 2.24) is 9.55 Å². The Labute approximate surface area is 108 Å². The summed E-state index contributed by atoms with van der Waals surface area (Å²) >= 11 is 0. The minimum absolute atomic E-state index is 0.678. The highest BCUT2D eigenvalue weighted by Gasteiger charge is 2.22. The van der Waals surface area contributed by atoms with Crippen LogP contribution in [0.2, 0.25) is 0 Å². The van der Waals surface area contributed by atoms with E-state index in [1.807, 2.05) is 18.5 Å². The van der Waals surface area contributed by atoms with Crippen molar-refractivity contribution in [3.63, 3.8) is 0 Å².